The summed E-state index contributed by atoms with van der Waals surface area (Å²) in [6, 6.07) is 13.3. The van der Waals surface area contributed by atoms with Gasteiger partial charge in [0.15, 0.2) is 0 Å². The highest BCUT2D eigenvalue weighted by molar-refractivity contribution is 9.10. The zero-order chi connectivity index (χ0) is 19.1. The van der Waals surface area contributed by atoms with Crippen molar-refractivity contribution in [1.82, 2.24) is 14.8 Å². The Labute approximate surface area is 162 Å². The Balaban J connectivity index is 1.84. The third-order valence-electron chi connectivity index (χ3n) is 4.07. The third-order valence-corrected chi connectivity index (χ3v) is 4.54. The van der Waals surface area contributed by atoms with Gasteiger partial charge < -0.3 is 10.2 Å². The number of nitrogens with one attached hydrogen (secondary N) is 1. The lowest BCUT2D eigenvalue weighted by Crippen LogP contribution is -2.40. The highest BCUT2D eigenvalue weighted by atomic mass is 79.9. The van der Waals surface area contributed by atoms with E-state index in [9.17, 15) is 9.59 Å². The van der Waals surface area contributed by atoms with E-state index in [0.717, 1.165) is 10.0 Å². The van der Waals surface area contributed by atoms with Gasteiger partial charge in [-0.3, -0.25) is 14.5 Å². The Morgan fingerprint density at radius 2 is 1.81 bits per heavy atom. The van der Waals surface area contributed by atoms with Gasteiger partial charge in [0.25, 0.3) is 0 Å². The molecule has 0 spiro atoms. The van der Waals surface area contributed by atoms with Crippen molar-refractivity contribution >= 4 is 33.6 Å². The molecule has 6 nitrogen and oxygen atoms in total. The summed E-state index contributed by atoms with van der Waals surface area (Å²) in [6.07, 6.45) is 1.61. The van der Waals surface area contributed by atoms with E-state index in [1.807, 2.05) is 37.3 Å². The van der Waals surface area contributed by atoms with Crippen LogP contribution in [0.15, 0.2) is 53.1 Å². The fourth-order valence-electron chi connectivity index (χ4n) is 2.45. The smallest absolute Gasteiger partial charge is 0.239 e. The van der Waals surface area contributed by atoms with Gasteiger partial charge in [-0.15, -0.1) is 0 Å². The lowest BCUT2D eigenvalue weighted by atomic mass is 10.1. The predicted octanol–water partition coefficient (Wildman–Crippen LogP) is 2.93. The molecule has 0 aliphatic heterocycles. The standard InChI is InChI=1S/C19H23BrN4O2/c1-14(15-7-5-4-6-8-15)24(3)19(26)13-23(2)12-18(25)22-17-10-9-16(20)11-21-17/h4-11,14H,12-13H2,1-3H3,(H,21,22,25). The number of aromatic nitrogens is 1. The number of benzene rings is 1. The summed E-state index contributed by atoms with van der Waals surface area (Å²) in [5, 5.41) is 2.71. The number of rotatable bonds is 7. The van der Waals surface area contributed by atoms with Crippen molar-refractivity contribution in [1.29, 1.82) is 0 Å². The number of hydrogen-bond donors (Lipinski definition) is 1. The molecule has 2 rings (SSSR count). The van der Waals surface area contributed by atoms with Gasteiger partial charge in [0.05, 0.1) is 19.1 Å². The minimum absolute atomic E-state index is 0.0297. The molecule has 0 radical (unpaired) electrons. The summed E-state index contributed by atoms with van der Waals surface area (Å²) >= 11 is 3.30. The number of likely N-dealkylation sites (N-methyl/N-ethyl adjacent to an activating group) is 2. The number of anilines is 1. The first-order valence-corrected chi connectivity index (χ1v) is 9.06. The maximum atomic E-state index is 12.5. The second-order valence-corrected chi connectivity index (χ2v) is 7.09. The molecule has 1 aromatic carbocycles. The monoisotopic (exact) mass is 418 g/mol. The molecule has 26 heavy (non-hydrogen) atoms. The maximum absolute atomic E-state index is 12.5. The van der Waals surface area contributed by atoms with Crippen molar-refractivity contribution < 1.29 is 9.59 Å². The largest absolute Gasteiger partial charge is 0.338 e. The van der Waals surface area contributed by atoms with Gasteiger partial charge in [-0.05, 0) is 47.6 Å². The van der Waals surface area contributed by atoms with E-state index in [2.05, 4.69) is 26.2 Å². The summed E-state index contributed by atoms with van der Waals surface area (Å²) in [7, 11) is 3.52. The normalized spacial score (nSPS) is 11.9. The molecule has 2 amide bonds. The molecule has 0 aliphatic carbocycles. The van der Waals surface area contributed by atoms with E-state index in [1.54, 1.807) is 42.2 Å². The van der Waals surface area contributed by atoms with Crippen molar-refractivity contribution in [3.05, 3.63) is 58.7 Å². The van der Waals surface area contributed by atoms with Crippen molar-refractivity contribution in [3.8, 4) is 0 Å². The highest BCUT2D eigenvalue weighted by Gasteiger charge is 2.19. The van der Waals surface area contributed by atoms with Crippen molar-refractivity contribution in [2.75, 3.05) is 32.5 Å². The lowest BCUT2D eigenvalue weighted by Gasteiger charge is -2.27. The molecule has 1 heterocycles. The van der Waals surface area contributed by atoms with Gasteiger partial charge in [-0.25, -0.2) is 4.98 Å². The van der Waals surface area contributed by atoms with Gasteiger partial charge in [0.1, 0.15) is 5.82 Å². The molecule has 0 fully saturated rings. The molecular formula is C19H23BrN4O2. The molecule has 1 N–H and O–H groups in total. The highest BCUT2D eigenvalue weighted by Crippen LogP contribution is 2.18. The fourth-order valence-corrected chi connectivity index (χ4v) is 2.68. The van der Waals surface area contributed by atoms with Crippen LogP contribution < -0.4 is 5.32 Å². The number of pyridine rings is 1. The van der Waals surface area contributed by atoms with Crippen LogP contribution in [0.25, 0.3) is 0 Å². The first-order chi connectivity index (χ1) is 12.4. The zero-order valence-electron chi connectivity index (χ0n) is 15.1. The second kappa shape index (κ2) is 9.45. The van der Waals surface area contributed by atoms with E-state index in [-0.39, 0.29) is 30.9 Å². The number of carbonyl (C=O) groups excluding carboxylic acids is 2. The van der Waals surface area contributed by atoms with E-state index in [4.69, 9.17) is 0 Å². The van der Waals surface area contributed by atoms with Crippen LogP contribution in [-0.2, 0) is 9.59 Å². The topological polar surface area (TPSA) is 65.5 Å². The Morgan fingerprint density at radius 1 is 1.12 bits per heavy atom. The van der Waals surface area contributed by atoms with Gasteiger partial charge in [0, 0.05) is 17.7 Å². The van der Waals surface area contributed by atoms with Gasteiger partial charge in [0.2, 0.25) is 11.8 Å². The minimum atomic E-state index is -0.214. The number of amides is 2. The molecule has 0 bridgehead atoms. The molecule has 2 aromatic rings. The summed E-state index contributed by atoms with van der Waals surface area (Å²) < 4.78 is 0.841. The Kier molecular flexibility index (Phi) is 7.29. The molecule has 0 aliphatic rings. The van der Waals surface area contributed by atoms with Crippen LogP contribution in [0, 0.1) is 0 Å². The number of halogens is 1. The number of hydrogen-bond acceptors (Lipinski definition) is 4. The molecular weight excluding hydrogens is 396 g/mol. The summed E-state index contributed by atoms with van der Waals surface area (Å²) in [5.41, 5.74) is 1.07. The molecule has 0 saturated carbocycles. The molecule has 1 unspecified atom stereocenters. The molecule has 0 saturated heterocycles. The first-order valence-electron chi connectivity index (χ1n) is 8.27. The quantitative estimate of drug-likeness (QED) is 0.750. The van der Waals surface area contributed by atoms with E-state index in [1.165, 1.54) is 0 Å². The molecule has 1 atom stereocenters. The number of nitrogens with zero attached hydrogens (tertiary/aromatic N) is 3. The van der Waals surface area contributed by atoms with Crippen molar-refractivity contribution in [2.45, 2.75) is 13.0 Å². The third kappa shape index (κ3) is 5.93. The van der Waals surface area contributed by atoms with Gasteiger partial charge in [-0.1, -0.05) is 30.3 Å². The minimum Gasteiger partial charge on any atom is -0.338 e. The Morgan fingerprint density at radius 3 is 2.42 bits per heavy atom. The van der Waals surface area contributed by atoms with Crippen LogP contribution in [0.5, 0.6) is 0 Å². The van der Waals surface area contributed by atoms with E-state index < -0.39 is 0 Å². The van der Waals surface area contributed by atoms with Crippen LogP contribution >= 0.6 is 15.9 Å². The zero-order valence-corrected chi connectivity index (χ0v) is 16.7. The van der Waals surface area contributed by atoms with Crippen LogP contribution in [0.3, 0.4) is 0 Å². The van der Waals surface area contributed by atoms with Crippen molar-refractivity contribution in [3.63, 3.8) is 0 Å². The van der Waals surface area contributed by atoms with Gasteiger partial charge in [-0.2, -0.15) is 0 Å². The summed E-state index contributed by atoms with van der Waals surface area (Å²) in [4.78, 5) is 32.0. The van der Waals surface area contributed by atoms with Crippen LogP contribution in [0.2, 0.25) is 0 Å². The van der Waals surface area contributed by atoms with E-state index >= 15 is 0 Å². The molecule has 138 valence electrons. The fraction of sp³-hybridized carbons (Fsp3) is 0.316. The SMILES string of the molecule is CC(c1ccccc1)N(C)C(=O)CN(C)CC(=O)Nc1ccc(Br)cn1. The molecule has 7 heteroatoms. The average molecular weight is 419 g/mol. The Hall–Kier alpha value is -2.25. The predicted molar refractivity (Wildman–Crippen MR) is 106 cm³/mol. The maximum Gasteiger partial charge on any atom is 0.239 e. The van der Waals surface area contributed by atoms with Crippen LogP contribution in [-0.4, -0.2) is 53.8 Å². The van der Waals surface area contributed by atoms with Gasteiger partial charge >= 0.3 is 0 Å². The van der Waals surface area contributed by atoms with Crippen molar-refractivity contribution in [2.24, 2.45) is 0 Å². The summed E-state index contributed by atoms with van der Waals surface area (Å²) in [6.45, 7) is 2.26. The Bertz CT molecular complexity index is 737. The summed E-state index contributed by atoms with van der Waals surface area (Å²) in [5.74, 6) is 0.222. The average Bonchev–Trinajstić information content (AvgIpc) is 2.62. The lowest BCUT2D eigenvalue weighted by molar-refractivity contribution is -0.133. The van der Waals surface area contributed by atoms with E-state index in [0.29, 0.717) is 5.82 Å². The van der Waals surface area contributed by atoms with Crippen LogP contribution in [0.4, 0.5) is 5.82 Å². The second-order valence-electron chi connectivity index (χ2n) is 6.17. The van der Waals surface area contributed by atoms with Crippen LogP contribution in [0.1, 0.15) is 18.5 Å². The molecule has 1 aromatic heterocycles. The first kappa shape index (κ1) is 20.1. The number of carbonyl (C=O) groups is 2.